The maximum Gasteiger partial charge on any atom is 0.149 e. The minimum atomic E-state index is -0.791. The molecule has 0 saturated heterocycles. The molecule has 0 radical (unpaired) electrons. The summed E-state index contributed by atoms with van der Waals surface area (Å²) in [5.41, 5.74) is 5.38. The van der Waals surface area contributed by atoms with Gasteiger partial charge in [0.2, 0.25) is 0 Å². The van der Waals surface area contributed by atoms with E-state index in [0.717, 1.165) is 12.1 Å². The van der Waals surface area contributed by atoms with Crippen LogP contribution in [-0.2, 0) is 0 Å². The molecule has 0 heterocycles. The molecule has 1 aromatic carbocycles. The van der Waals surface area contributed by atoms with Gasteiger partial charge in [-0.2, -0.15) is 0 Å². The number of hydrogen-bond donors (Lipinski definition) is 1. The smallest absolute Gasteiger partial charge is 0.149 e. The van der Waals surface area contributed by atoms with Crippen molar-refractivity contribution in [2.45, 2.75) is 12.5 Å². The molecule has 0 fully saturated rings. The number of hydrogen-bond acceptors (Lipinski definition) is 1. The van der Waals surface area contributed by atoms with E-state index < -0.39 is 17.7 Å². The van der Waals surface area contributed by atoms with Gasteiger partial charge in [-0.25, -0.2) is 8.78 Å². The van der Waals surface area contributed by atoms with E-state index in [1.807, 2.05) is 0 Å². The fourth-order valence-corrected chi connectivity index (χ4v) is 1.34. The van der Waals surface area contributed by atoms with E-state index in [1.54, 1.807) is 0 Å². The summed E-state index contributed by atoms with van der Waals surface area (Å²) in [4.78, 5) is 0. The Morgan fingerprint density at radius 1 is 1.50 bits per heavy atom. The van der Waals surface area contributed by atoms with Crippen LogP contribution in [0.15, 0.2) is 24.8 Å². The van der Waals surface area contributed by atoms with Crippen LogP contribution < -0.4 is 5.73 Å². The van der Waals surface area contributed by atoms with Crippen LogP contribution in [0, 0.1) is 11.6 Å². The first kappa shape index (κ1) is 11.1. The van der Waals surface area contributed by atoms with Crippen molar-refractivity contribution in [2.75, 3.05) is 0 Å². The van der Waals surface area contributed by atoms with Crippen LogP contribution in [0.4, 0.5) is 8.78 Å². The molecule has 4 heteroatoms. The summed E-state index contributed by atoms with van der Waals surface area (Å²) in [5, 5.41) is -0.124. The third kappa shape index (κ3) is 2.11. The van der Waals surface area contributed by atoms with Crippen LogP contribution in [-0.4, -0.2) is 0 Å². The van der Waals surface area contributed by atoms with Gasteiger partial charge in [-0.15, -0.1) is 6.58 Å². The van der Waals surface area contributed by atoms with Crippen molar-refractivity contribution in [3.8, 4) is 0 Å². The normalized spacial score (nSPS) is 12.6. The summed E-state index contributed by atoms with van der Waals surface area (Å²) in [5.74, 6) is -1.47. The predicted molar refractivity (Wildman–Crippen MR) is 53.1 cm³/mol. The Labute approximate surface area is 86.2 Å². The summed E-state index contributed by atoms with van der Waals surface area (Å²) in [6.07, 6.45) is 1.80. The summed E-state index contributed by atoms with van der Waals surface area (Å²) in [6, 6.07) is 1.52. The lowest BCUT2D eigenvalue weighted by Crippen LogP contribution is -2.13. The number of halogens is 3. The van der Waals surface area contributed by atoms with E-state index in [-0.39, 0.29) is 10.6 Å². The van der Waals surface area contributed by atoms with Crippen LogP contribution in [0.5, 0.6) is 0 Å². The van der Waals surface area contributed by atoms with Crippen molar-refractivity contribution in [3.63, 3.8) is 0 Å². The zero-order chi connectivity index (χ0) is 10.7. The maximum atomic E-state index is 13.4. The SMILES string of the molecule is C=CC[C@H](N)c1c(F)ccc(Cl)c1F. The van der Waals surface area contributed by atoms with Crippen molar-refractivity contribution in [3.05, 3.63) is 47.0 Å². The molecule has 2 N–H and O–H groups in total. The Bertz CT molecular complexity index is 352. The van der Waals surface area contributed by atoms with Crippen LogP contribution in [0.1, 0.15) is 18.0 Å². The standard InChI is InChI=1S/C10H10ClF2N/c1-2-3-8(14)9-7(12)5-4-6(11)10(9)13/h2,4-5,8H,1,3,14H2/t8-/m0/s1. The molecule has 0 aliphatic rings. The summed E-state index contributed by atoms with van der Waals surface area (Å²) in [7, 11) is 0. The second-order valence-corrected chi connectivity index (χ2v) is 3.29. The molecule has 0 unspecified atom stereocenters. The molecule has 0 aromatic heterocycles. The van der Waals surface area contributed by atoms with Crippen molar-refractivity contribution in [2.24, 2.45) is 5.73 Å². The molecular weight excluding hydrogens is 208 g/mol. The third-order valence-electron chi connectivity index (χ3n) is 1.87. The second kappa shape index (κ2) is 4.53. The van der Waals surface area contributed by atoms with Gasteiger partial charge < -0.3 is 5.73 Å². The Kier molecular flexibility index (Phi) is 3.61. The lowest BCUT2D eigenvalue weighted by atomic mass is 10.0. The maximum absolute atomic E-state index is 13.4. The molecule has 1 nitrogen and oxygen atoms in total. The fraction of sp³-hybridized carbons (Fsp3) is 0.200. The Balaban J connectivity index is 3.17. The van der Waals surface area contributed by atoms with Crippen molar-refractivity contribution >= 4 is 11.6 Å². The highest BCUT2D eigenvalue weighted by molar-refractivity contribution is 6.30. The highest BCUT2D eigenvalue weighted by Gasteiger charge is 2.17. The number of benzene rings is 1. The van der Waals surface area contributed by atoms with Gasteiger partial charge in [-0.05, 0) is 18.6 Å². The fourth-order valence-electron chi connectivity index (χ4n) is 1.18. The molecule has 0 aliphatic carbocycles. The summed E-state index contributed by atoms with van der Waals surface area (Å²) in [6.45, 7) is 3.45. The van der Waals surface area contributed by atoms with E-state index in [4.69, 9.17) is 17.3 Å². The van der Waals surface area contributed by atoms with E-state index in [0.29, 0.717) is 6.42 Å². The van der Waals surface area contributed by atoms with E-state index in [2.05, 4.69) is 6.58 Å². The molecule has 1 rings (SSSR count). The summed E-state index contributed by atoms with van der Waals surface area (Å²) >= 11 is 5.51. The minimum absolute atomic E-state index is 0.124. The average Bonchev–Trinajstić information content (AvgIpc) is 2.13. The van der Waals surface area contributed by atoms with Gasteiger partial charge >= 0.3 is 0 Å². The highest BCUT2D eigenvalue weighted by Crippen LogP contribution is 2.26. The first-order valence-electron chi connectivity index (χ1n) is 4.07. The van der Waals surface area contributed by atoms with Gasteiger partial charge in [0.05, 0.1) is 5.02 Å². The first-order valence-corrected chi connectivity index (χ1v) is 4.45. The van der Waals surface area contributed by atoms with Crippen LogP contribution in [0.25, 0.3) is 0 Å². The van der Waals surface area contributed by atoms with Crippen molar-refractivity contribution < 1.29 is 8.78 Å². The van der Waals surface area contributed by atoms with Crippen LogP contribution in [0.3, 0.4) is 0 Å². The molecule has 0 saturated carbocycles. The lowest BCUT2D eigenvalue weighted by molar-refractivity contribution is 0.527. The Morgan fingerprint density at radius 3 is 2.71 bits per heavy atom. The van der Waals surface area contributed by atoms with E-state index >= 15 is 0 Å². The van der Waals surface area contributed by atoms with Gasteiger partial charge in [-0.3, -0.25) is 0 Å². The van der Waals surface area contributed by atoms with Crippen LogP contribution >= 0.6 is 11.6 Å². The van der Waals surface area contributed by atoms with Gasteiger partial charge in [-0.1, -0.05) is 17.7 Å². The molecule has 1 atom stereocenters. The Morgan fingerprint density at radius 2 is 2.14 bits per heavy atom. The van der Waals surface area contributed by atoms with E-state index in [1.165, 1.54) is 6.08 Å². The molecule has 0 aliphatic heterocycles. The van der Waals surface area contributed by atoms with Gasteiger partial charge in [0, 0.05) is 11.6 Å². The zero-order valence-corrected chi connectivity index (χ0v) is 8.19. The highest BCUT2D eigenvalue weighted by atomic mass is 35.5. The number of nitrogens with two attached hydrogens (primary N) is 1. The van der Waals surface area contributed by atoms with Gasteiger partial charge in [0.1, 0.15) is 11.6 Å². The topological polar surface area (TPSA) is 26.0 Å². The molecule has 0 amide bonds. The Hall–Kier alpha value is -0.930. The predicted octanol–water partition coefficient (Wildman–Crippen LogP) is 3.19. The molecule has 0 bridgehead atoms. The molecule has 14 heavy (non-hydrogen) atoms. The zero-order valence-electron chi connectivity index (χ0n) is 7.43. The van der Waals surface area contributed by atoms with Gasteiger partial charge in [0.25, 0.3) is 0 Å². The molecule has 76 valence electrons. The van der Waals surface area contributed by atoms with Crippen LogP contribution in [0.2, 0.25) is 5.02 Å². The molecule has 1 aromatic rings. The largest absolute Gasteiger partial charge is 0.324 e. The summed E-state index contributed by atoms with van der Waals surface area (Å²) < 4.78 is 26.5. The number of rotatable bonds is 3. The van der Waals surface area contributed by atoms with Crippen molar-refractivity contribution in [1.82, 2.24) is 0 Å². The van der Waals surface area contributed by atoms with E-state index in [9.17, 15) is 8.78 Å². The minimum Gasteiger partial charge on any atom is -0.324 e. The second-order valence-electron chi connectivity index (χ2n) is 2.89. The molecule has 0 spiro atoms. The third-order valence-corrected chi connectivity index (χ3v) is 2.16. The molecular formula is C10H10ClF2N. The monoisotopic (exact) mass is 217 g/mol. The lowest BCUT2D eigenvalue weighted by Gasteiger charge is -2.12. The quantitative estimate of drug-likeness (QED) is 0.611. The average molecular weight is 218 g/mol. The van der Waals surface area contributed by atoms with Gasteiger partial charge in [0.15, 0.2) is 0 Å². The first-order chi connectivity index (χ1) is 6.57. The van der Waals surface area contributed by atoms with Crippen molar-refractivity contribution in [1.29, 1.82) is 0 Å².